The highest BCUT2D eigenvalue weighted by Gasteiger charge is 2.34. The number of nitrogens with one attached hydrogen (secondary N) is 1. The van der Waals surface area contributed by atoms with Gasteiger partial charge in [0.1, 0.15) is 12.6 Å². The monoisotopic (exact) mass is 583 g/mol. The molecule has 0 saturated heterocycles. The van der Waals surface area contributed by atoms with E-state index in [0.29, 0.717) is 11.3 Å². The number of carbonyl (C=O) groups is 2. The molecule has 0 fully saturated rings. The summed E-state index contributed by atoms with van der Waals surface area (Å²) in [6, 6.07) is 30.1. The molecule has 42 heavy (non-hydrogen) atoms. The van der Waals surface area contributed by atoms with Gasteiger partial charge in [-0.2, -0.15) is 0 Å². The lowest BCUT2D eigenvalue weighted by molar-refractivity contribution is -0.139. The highest BCUT2D eigenvalue weighted by molar-refractivity contribution is 7.92. The number of amides is 2. The van der Waals surface area contributed by atoms with Crippen molar-refractivity contribution in [1.29, 1.82) is 0 Å². The molecule has 0 aliphatic rings. The van der Waals surface area contributed by atoms with Gasteiger partial charge in [0.15, 0.2) is 0 Å². The fraction of sp³-hybridized carbons (Fsp3) is 0.235. The maximum Gasteiger partial charge on any atom is 0.264 e. The maximum absolute atomic E-state index is 14.4. The number of benzene rings is 4. The molecule has 0 unspecified atom stereocenters. The van der Waals surface area contributed by atoms with E-state index >= 15 is 0 Å². The molecule has 4 aromatic rings. The normalized spacial score (nSPS) is 11.9. The SMILES string of the molecule is CNC(=O)[C@H](Cc1ccccc1)N(Cc1ccccc1)C(=O)CN(c1cc(C)ccc1C)S(=O)(=O)c1ccc(C)cc1. The Kier molecular flexibility index (Phi) is 9.80. The Morgan fingerprint density at radius 3 is 1.93 bits per heavy atom. The molecule has 0 aliphatic heterocycles. The molecule has 0 bridgehead atoms. The number of hydrogen-bond acceptors (Lipinski definition) is 4. The number of hydrogen-bond donors (Lipinski definition) is 1. The van der Waals surface area contributed by atoms with Gasteiger partial charge in [-0.15, -0.1) is 0 Å². The minimum Gasteiger partial charge on any atom is -0.357 e. The number of rotatable bonds is 11. The fourth-order valence-corrected chi connectivity index (χ4v) is 6.31. The molecular formula is C34H37N3O4S. The van der Waals surface area contributed by atoms with Gasteiger partial charge < -0.3 is 10.2 Å². The largest absolute Gasteiger partial charge is 0.357 e. The summed E-state index contributed by atoms with van der Waals surface area (Å²) in [4.78, 5) is 29.2. The molecule has 4 aromatic carbocycles. The number of nitrogens with zero attached hydrogens (tertiary/aromatic N) is 2. The fourth-order valence-electron chi connectivity index (χ4n) is 4.84. The Bertz CT molecular complexity index is 1620. The van der Waals surface area contributed by atoms with Crippen molar-refractivity contribution in [3.8, 4) is 0 Å². The minimum absolute atomic E-state index is 0.0866. The first-order chi connectivity index (χ1) is 20.1. The van der Waals surface area contributed by atoms with Crippen LogP contribution in [0, 0.1) is 20.8 Å². The molecule has 218 valence electrons. The van der Waals surface area contributed by atoms with E-state index in [1.807, 2.05) is 93.6 Å². The van der Waals surface area contributed by atoms with Crippen LogP contribution in [-0.4, -0.2) is 44.8 Å². The molecule has 4 rings (SSSR count). The van der Waals surface area contributed by atoms with Crippen LogP contribution in [0.4, 0.5) is 5.69 Å². The number of aryl methyl sites for hydroxylation is 3. The van der Waals surface area contributed by atoms with Gasteiger partial charge in [0, 0.05) is 20.0 Å². The third-order valence-corrected chi connectivity index (χ3v) is 9.01. The number of carbonyl (C=O) groups excluding carboxylic acids is 2. The van der Waals surface area contributed by atoms with Crippen LogP contribution >= 0.6 is 0 Å². The van der Waals surface area contributed by atoms with Crippen LogP contribution in [0.25, 0.3) is 0 Å². The summed E-state index contributed by atoms with van der Waals surface area (Å²) in [5, 5.41) is 2.70. The van der Waals surface area contributed by atoms with Crippen molar-refractivity contribution in [2.75, 3.05) is 17.9 Å². The molecule has 0 aromatic heterocycles. The van der Waals surface area contributed by atoms with Crippen molar-refractivity contribution in [2.45, 2.75) is 44.7 Å². The van der Waals surface area contributed by atoms with Crippen molar-refractivity contribution in [2.24, 2.45) is 0 Å². The Balaban J connectivity index is 1.81. The van der Waals surface area contributed by atoms with Gasteiger partial charge in [-0.1, -0.05) is 90.5 Å². The van der Waals surface area contributed by atoms with E-state index in [-0.39, 0.29) is 23.8 Å². The van der Waals surface area contributed by atoms with Gasteiger partial charge in [0.25, 0.3) is 10.0 Å². The molecule has 7 nitrogen and oxygen atoms in total. The number of sulfonamides is 1. The second kappa shape index (κ2) is 13.5. The molecule has 2 amide bonds. The Morgan fingerprint density at radius 2 is 1.33 bits per heavy atom. The highest BCUT2D eigenvalue weighted by atomic mass is 32.2. The first kappa shape index (κ1) is 30.5. The van der Waals surface area contributed by atoms with Crippen LogP contribution in [0.5, 0.6) is 0 Å². The van der Waals surface area contributed by atoms with E-state index in [9.17, 15) is 18.0 Å². The van der Waals surface area contributed by atoms with E-state index < -0.39 is 28.5 Å². The lowest BCUT2D eigenvalue weighted by atomic mass is 10.0. The molecule has 1 atom stereocenters. The molecule has 0 aliphatic carbocycles. The second-order valence-electron chi connectivity index (χ2n) is 10.4. The summed E-state index contributed by atoms with van der Waals surface area (Å²) >= 11 is 0. The third-order valence-electron chi connectivity index (χ3n) is 7.23. The van der Waals surface area contributed by atoms with E-state index in [0.717, 1.165) is 22.3 Å². The van der Waals surface area contributed by atoms with E-state index in [1.165, 1.54) is 16.3 Å². The lowest BCUT2D eigenvalue weighted by Crippen LogP contribution is -2.53. The number of anilines is 1. The molecule has 1 N–H and O–H groups in total. The summed E-state index contributed by atoms with van der Waals surface area (Å²) < 4.78 is 29.5. The van der Waals surface area contributed by atoms with Crippen molar-refractivity contribution in [3.05, 3.63) is 131 Å². The average molecular weight is 584 g/mol. The van der Waals surface area contributed by atoms with Crippen LogP contribution in [0.2, 0.25) is 0 Å². The van der Waals surface area contributed by atoms with Crippen molar-refractivity contribution < 1.29 is 18.0 Å². The molecule has 0 heterocycles. The highest BCUT2D eigenvalue weighted by Crippen LogP contribution is 2.29. The zero-order chi connectivity index (χ0) is 30.3. The van der Waals surface area contributed by atoms with Gasteiger partial charge in [-0.05, 0) is 61.2 Å². The van der Waals surface area contributed by atoms with Crippen LogP contribution < -0.4 is 9.62 Å². The van der Waals surface area contributed by atoms with Crippen LogP contribution in [0.1, 0.15) is 27.8 Å². The Labute approximate surface area is 248 Å². The Hall–Kier alpha value is -4.43. The third kappa shape index (κ3) is 7.25. The standard InChI is InChI=1S/C34H37N3O4S/c1-25-16-19-30(20-17-25)42(40,41)37(31-21-26(2)15-18-27(31)3)24-33(38)36(23-29-13-9-6-10-14-29)32(34(39)35-4)22-28-11-7-5-8-12-28/h5-21,32H,22-24H2,1-4H3,(H,35,39)/t32-/m0/s1. The molecule has 0 saturated carbocycles. The molecule has 0 spiro atoms. The summed E-state index contributed by atoms with van der Waals surface area (Å²) in [6.07, 6.45) is 0.271. The molecule has 8 heteroatoms. The van der Waals surface area contributed by atoms with Crippen LogP contribution in [0.15, 0.2) is 108 Å². The maximum atomic E-state index is 14.4. The average Bonchev–Trinajstić information content (AvgIpc) is 2.99. The van der Waals surface area contributed by atoms with E-state index in [4.69, 9.17) is 0 Å². The quantitative estimate of drug-likeness (QED) is 0.263. The van der Waals surface area contributed by atoms with Gasteiger partial charge in [0.05, 0.1) is 10.6 Å². The second-order valence-corrected chi connectivity index (χ2v) is 12.3. The summed E-state index contributed by atoms with van der Waals surface area (Å²) in [5.74, 6) is -0.817. The van der Waals surface area contributed by atoms with Gasteiger partial charge in [-0.3, -0.25) is 13.9 Å². The zero-order valence-corrected chi connectivity index (χ0v) is 25.3. The predicted octanol–water partition coefficient (Wildman–Crippen LogP) is 5.19. The summed E-state index contributed by atoms with van der Waals surface area (Å²) in [7, 11) is -2.60. The summed E-state index contributed by atoms with van der Waals surface area (Å²) in [5.41, 5.74) is 4.63. The zero-order valence-electron chi connectivity index (χ0n) is 24.4. The van der Waals surface area contributed by atoms with Gasteiger partial charge in [0.2, 0.25) is 11.8 Å². The lowest BCUT2D eigenvalue weighted by Gasteiger charge is -2.34. The van der Waals surface area contributed by atoms with Crippen LogP contribution in [-0.2, 0) is 32.6 Å². The molecule has 0 radical (unpaired) electrons. The smallest absolute Gasteiger partial charge is 0.264 e. The summed E-state index contributed by atoms with van der Waals surface area (Å²) in [6.45, 7) is 5.24. The van der Waals surface area contributed by atoms with Crippen molar-refractivity contribution >= 4 is 27.5 Å². The van der Waals surface area contributed by atoms with Crippen molar-refractivity contribution in [3.63, 3.8) is 0 Å². The Morgan fingerprint density at radius 1 is 0.762 bits per heavy atom. The first-order valence-electron chi connectivity index (χ1n) is 13.9. The van der Waals surface area contributed by atoms with E-state index in [1.54, 1.807) is 30.3 Å². The van der Waals surface area contributed by atoms with E-state index in [2.05, 4.69) is 5.32 Å². The number of likely N-dealkylation sites (N-methyl/N-ethyl adjacent to an activating group) is 1. The topological polar surface area (TPSA) is 86.8 Å². The van der Waals surface area contributed by atoms with Gasteiger partial charge >= 0.3 is 0 Å². The van der Waals surface area contributed by atoms with Gasteiger partial charge in [-0.25, -0.2) is 8.42 Å². The molecular weight excluding hydrogens is 546 g/mol. The van der Waals surface area contributed by atoms with Crippen LogP contribution in [0.3, 0.4) is 0 Å². The van der Waals surface area contributed by atoms with Crippen molar-refractivity contribution in [1.82, 2.24) is 10.2 Å². The first-order valence-corrected chi connectivity index (χ1v) is 15.3. The predicted molar refractivity (Wildman–Crippen MR) is 167 cm³/mol. The minimum atomic E-state index is -4.14.